The summed E-state index contributed by atoms with van der Waals surface area (Å²) < 4.78 is 0. The molecule has 0 aliphatic heterocycles. The first kappa shape index (κ1) is 8.56. The maximum atomic E-state index is 9.51. The third-order valence-electron chi connectivity index (χ3n) is 1.85. The molecule has 0 atom stereocenters. The van der Waals surface area contributed by atoms with Crippen LogP contribution in [0.25, 0.3) is 11.1 Å². The molecule has 0 aliphatic rings. The van der Waals surface area contributed by atoms with E-state index in [1.54, 1.807) is 24.4 Å². The number of nitrogens with zero attached hydrogens (tertiary/aromatic N) is 1. The molecule has 0 unspecified atom stereocenters. The predicted molar refractivity (Wildman–Crippen MR) is 51.8 cm³/mol. The van der Waals surface area contributed by atoms with Crippen molar-refractivity contribution in [2.24, 2.45) is 0 Å². The Morgan fingerprint density at radius 1 is 1.21 bits per heavy atom. The van der Waals surface area contributed by atoms with Gasteiger partial charge in [-0.25, -0.2) is 0 Å². The fourth-order valence-electron chi connectivity index (χ4n) is 1.22. The summed E-state index contributed by atoms with van der Waals surface area (Å²) in [6, 6.07) is 9.35. The topological polar surface area (TPSA) is 53.4 Å². The molecular weight excluding hydrogens is 178 g/mol. The third-order valence-corrected chi connectivity index (χ3v) is 1.85. The molecule has 0 spiro atoms. The molecule has 0 aliphatic carbocycles. The van der Waals surface area contributed by atoms with Crippen molar-refractivity contribution in [1.82, 2.24) is 4.98 Å². The van der Waals surface area contributed by atoms with E-state index in [-0.39, 0.29) is 11.5 Å². The second kappa shape index (κ2) is 3.38. The third kappa shape index (κ3) is 1.52. The van der Waals surface area contributed by atoms with Gasteiger partial charge in [-0.2, -0.15) is 0 Å². The van der Waals surface area contributed by atoms with Crippen LogP contribution in [-0.2, 0) is 0 Å². The van der Waals surface area contributed by atoms with E-state index < -0.39 is 0 Å². The van der Waals surface area contributed by atoms with Gasteiger partial charge in [0.1, 0.15) is 11.5 Å². The number of rotatable bonds is 1. The number of hydrogen-bond acceptors (Lipinski definition) is 3. The van der Waals surface area contributed by atoms with Gasteiger partial charge >= 0.3 is 0 Å². The quantitative estimate of drug-likeness (QED) is 0.715. The monoisotopic (exact) mass is 186 g/mol. The molecule has 3 nitrogen and oxygen atoms in total. The Morgan fingerprint density at radius 3 is 2.79 bits per heavy atom. The fraction of sp³-hybridized carbons (Fsp3) is 0. The van der Waals surface area contributed by atoms with Gasteiger partial charge in [0.2, 0.25) is 0 Å². The Balaban J connectivity index is 2.55. The Morgan fingerprint density at radius 2 is 2.07 bits per heavy atom. The Labute approximate surface area is 81.3 Å². The maximum absolute atomic E-state index is 9.51. The van der Waals surface area contributed by atoms with Crippen molar-refractivity contribution in [1.29, 1.82) is 0 Å². The average molecular weight is 186 g/mol. The second-order valence-electron chi connectivity index (χ2n) is 2.86. The zero-order valence-corrected chi connectivity index (χ0v) is 7.31. The van der Waals surface area contributed by atoms with Crippen molar-refractivity contribution in [3.05, 3.63) is 42.7 Å². The first-order valence-corrected chi connectivity index (χ1v) is 4.11. The van der Waals surface area contributed by atoms with Crippen LogP contribution in [0.5, 0.6) is 11.5 Å². The van der Waals surface area contributed by atoms with Gasteiger partial charge in [0.05, 0.1) is 6.20 Å². The van der Waals surface area contributed by atoms with Gasteiger partial charge in [-0.3, -0.25) is 4.98 Å². The number of aromatic hydroxyl groups is 2. The van der Waals surface area contributed by atoms with Gasteiger partial charge in [-0.05, 0) is 18.2 Å². The zero-order chi connectivity index (χ0) is 9.97. The molecule has 1 aromatic carbocycles. The molecular formula is C11H8NO2. The summed E-state index contributed by atoms with van der Waals surface area (Å²) in [7, 11) is 0. The van der Waals surface area contributed by atoms with Crippen LogP contribution >= 0.6 is 0 Å². The van der Waals surface area contributed by atoms with Crippen LogP contribution in [0.15, 0.2) is 36.7 Å². The highest BCUT2D eigenvalue weighted by molar-refractivity contribution is 5.69. The summed E-state index contributed by atoms with van der Waals surface area (Å²) in [5.74, 6) is 0.194. The Bertz CT molecular complexity index is 455. The standard InChI is InChI=1S/C11H8NO2/c13-9-5-8(6-12-7-9)10-3-1-2-4-11(10)14/h1-2,4-7,13-14H. The van der Waals surface area contributed by atoms with Crippen molar-refractivity contribution >= 4 is 0 Å². The van der Waals surface area contributed by atoms with E-state index in [1.807, 2.05) is 0 Å². The summed E-state index contributed by atoms with van der Waals surface area (Å²) in [4.78, 5) is 3.82. The molecule has 2 aromatic rings. The molecule has 0 amide bonds. The van der Waals surface area contributed by atoms with Crippen molar-refractivity contribution in [3.8, 4) is 22.6 Å². The SMILES string of the molecule is Oc1cncc(-c2[c]cccc2O)c1. The van der Waals surface area contributed by atoms with E-state index in [4.69, 9.17) is 0 Å². The molecule has 0 saturated heterocycles. The molecule has 1 aromatic heterocycles. The number of benzene rings is 1. The molecule has 1 radical (unpaired) electrons. The predicted octanol–water partition coefficient (Wildman–Crippen LogP) is 1.96. The lowest BCUT2D eigenvalue weighted by Crippen LogP contribution is -1.80. The summed E-state index contributed by atoms with van der Waals surface area (Å²) in [5.41, 5.74) is 1.18. The summed E-state index contributed by atoms with van der Waals surface area (Å²) in [6.45, 7) is 0. The van der Waals surface area contributed by atoms with Crippen LogP contribution < -0.4 is 0 Å². The van der Waals surface area contributed by atoms with E-state index in [9.17, 15) is 10.2 Å². The molecule has 2 rings (SSSR count). The lowest BCUT2D eigenvalue weighted by atomic mass is 10.1. The van der Waals surface area contributed by atoms with E-state index >= 15 is 0 Å². The maximum Gasteiger partial charge on any atom is 0.134 e. The second-order valence-corrected chi connectivity index (χ2v) is 2.86. The van der Waals surface area contributed by atoms with E-state index in [1.165, 1.54) is 12.3 Å². The number of pyridine rings is 1. The summed E-state index contributed by atoms with van der Waals surface area (Å²) >= 11 is 0. The highest BCUT2D eigenvalue weighted by atomic mass is 16.3. The number of phenolic OH excluding ortho intramolecular Hbond substituents is 1. The smallest absolute Gasteiger partial charge is 0.134 e. The van der Waals surface area contributed by atoms with Gasteiger partial charge in [-0.15, -0.1) is 0 Å². The largest absolute Gasteiger partial charge is 0.507 e. The van der Waals surface area contributed by atoms with Crippen molar-refractivity contribution in [2.75, 3.05) is 0 Å². The Kier molecular flexibility index (Phi) is 2.07. The minimum atomic E-state index is 0.0687. The molecule has 0 bridgehead atoms. The van der Waals surface area contributed by atoms with Gasteiger partial charge in [0.15, 0.2) is 0 Å². The van der Waals surface area contributed by atoms with Crippen molar-refractivity contribution < 1.29 is 10.2 Å². The van der Waals surface area contributed by atoms with Gasteiger partial charge in [0, 0.05) is 17.3 Å². The van der Waals surface area contributed by atoms with Gasteiger partial charge in [0.25, 0.3) is 0 Å². The number of hydrogen-bond donors (Lipinski definition) is 2. The first-order chi connectivity index (χ1) is 6.77. The lowest BCUT2D eigenvalue weighted by molar-refractivity contribution is 0.472. The van der Waals surface area contributed by atoms with E-state index in [0.29, 0.717) is 11.1 Å². The molecule has 0 fully saturated rings. The lowest BCUT2D eigenvalue weighted by Gasteiger charge is -2.02. The summed E-state index contributed by atoms with van der Waals surface area (Å²) in [5, 5.41) is 18.7. The normalized spacial score (nSPS) is 10.0. The highest BCUT2D eigenvalue weighted by Gasteiger charge is 2.03. The van der Waals surface area contributed by atoms with Crippen LogP contribution in [-0.4, -0.2) is 15.2 Å². The highest BCUT2D eigenvalue weighted by Crippen LogP contribution is 2.28. The van der Waals surface area contributed by atoms with E-state index in [2.05, 4.69) is 11.1 Å². The first-order valence-electron chi connectivity index (χ1n) is 4.11. The average Bonchev–Trinajstić information content (AvgIpc) is 2.18. The minimum Gasteiger partial charge on any atom is -0.507 e. The number of aromatic nitrogens is 1. The molecule has 69 valence electrons. The van der Waals surface area contributed by atoms with Crippen LogP contribution in [0, 0.1) is 6.07 Å². The fourth-order valence-corrected chi connectivity index (χ4v) is 1.22. The van der Waals surface area contributed by atoms with Crippen LogP contribution in [0.4, 0.5) is 0 Å². The molecule has 0 saturated carbocycles. The van der Waals surface area contributed by atoms with Crippen LogP contribution in [0.1, 0.15) is 0 Å². The Hall–Kier alpha value is -2.03. The van der Waals surface area contributed by atoms with Crippen LogP contribution in [0.3, 0.4) is 0 Å². The van der Waals surface area contributed by atoms with Crippen molar-refractivity contribution in [2.45, 2.75) is 0 Å². The molecule has 2 N–H and O–H groups in total. The minimum absolute atomic E-state index is 0.0687. The van der Waals surface area contributed by atoms with Crippen molar-refractivity contribution in [3.63, 3.8) is 0 Å². The van der Waals surface area contributed by atoms with E-state index in [0.717, 1.165) is 0 Å². The molecule has 1 heterocycles. The van der Waals surface area contributed by atoms with Gasteiger partial charge in [-0.1, -0.05) is 12.1 Å². The van der Waals surface area contributed by atoms with Crippen LogP contribution in [0.2, 0.25) is 0 Å². The number of phenols is 1. The molecule has 14 heavy (non-hydrogen) atoms. The van der Waals surface area contributed by atoms with Gasteiger partial charge < -0.3 is 10.2 Å². The summed E-state index contributed by atoms with van der Waals surface area (Å²) in [6.07, 6.45) is 2.90. The zero-order valence-electron chi connectivity index (χ0n) is 7.31. The molecule has 3 heteroatoms.